The second kappa shape index (κ2) is 6.17. The number of nitrogens with zero attached hydrogens (tertiary/aromatic N) is 1. The fraction of sp³-hybridized carbons (Fsp3) is 0.182. The highest BCUT2D eigenvalue weighted by atomic mass is 35.5. The molecule has 0 spiro atoms. The number of hydrogen-bond donors (Lipinski definition) is 3. The second-order valence-electron chi connectivity index (χ2n) is 3.81. The number of aliphatic hydroxyl groups excluding tert-OH is 1. The number of nitrogens with two attached hydrogens (primary N) is 1. The highest BCUT2D eigenvalue weighted by Crippen LogP contribution is 2.37. The van der Waals surface area contributed by atoms with Crippen LogP contribution in [0.2, 0.25) is 5.15 Å². The Balaban J connectivity index is 2.61. The van der Waals surface area contributed by atoms with Crippen LogP contribution in [0.1, 0.15) is 4.88 Å². The number of hydrogen-bond acceptors (Lipinski definition) is 6. The number of aromatic nitrogens is 1. The molecular weight excluding hydrogens is 322 g/mol. The molecule has 1 unspecified atom stereocenters. The summed E-state index contributed by atoms with van der Waals surface area (Å²) in [6, 6.07) is 7.93. The summed E-state index contributed by atoms with van der Waals surface area (Å²) in [6.45, 7) is -0.162. The van der Waals surface area contributed by atoms with Crippen LogP contribution in [0.25, 0.3) is 0 Å². The number of hydrazine groups is 1. The average Bonchev–Trinajstić information content (AvgIpc) is 2.78. The van der Waals surface area contributed by atoms with E-state index in [4.69, 9.17) is 22.6 Å². The van der Waals surface area contributed by atoms with Gasteiger partial charge in [-0.1, -0.05) is 29.8 Å². The van der Waals surface area contributed by atoms with Gasteiger partial charge in [0.05, 0.1) is 17.9 Å². The van der Waals surface area contributed by atoms with E-state index in [-0.39, 0.29) is 27.4 Å². The van der Waals surface area contributed by atoms with E-state index in [1.54, 1.807) is 18.2 Å². The van der Waals surface area contributed by atoms with Crippen LogP contribution in [0.4, 0.5) is 0 Å². The maximum Gasteiger partial charge on any atom is 0.388 e. The van der Waals surface area contributed by atoms with Gasteiger partial charge in [-0.2, -0.15) is 4.98 Å². The van der Waals surface area contributed by atoms with Crippen LogP contribution >= 0.6 is 22.3 Å². The number of aliphatic hydroxyl groups is 1. The molecule has 1 atom stereocenters. The first-order valence-corrected chi connectivity index (χ1v) is 8.70. The number of rotatable bonds is 5. The second-order valence-corrected chi connectivity index (χ2v) is 8.01. The average molecular weight is 335 g/mol. The third-order valence-electron chi connectivity index (χ3n) is 2.58. The third-order valence-corrected chi connectivity index (χ3v) is 7.17. The lowest BCUT2D eigenvalue weighted by atomic mass is 10.4. The van der Waals surface area contributed by atoms with Gasteiger partial charge in [0.2, 0.25) is 4.88 Å². The molecule has 0 bridgehead atoms. The molecule has 0 saturated heterocycles. The van der Waals surface area contributed by atoms with Gasteiger partial charge in [-0.15, -0.1) is 0 Å². The Morgan fingerprint density at radius 3 is 2.55 bits per heavy atom. The van der Waals surface area contributed by atoms with Gasteiger partial charge in [-0.05, 0) is 17.0 Å². The Kier molecular flexibility index (Phi) is 4.74. The van der Waals surface area contributed by atoms with Gasteiger partial charge < -0.3 is 5.11 Å². The van der Waals surface area contributed by atoms with Gasteiger partial charge in [0.15, 0.2) is 5.15 Å². The molecule has 0 fully saturated rings. The number of sulfone groups is 1. The van der Waals surface area contributed by atoms with E-state index in [2.05, 4.69) is 9.82 Å². The predicted octanol–water partition coefficient (Wildman–Crippen LogP) is 1.27. The van der Waals surface area contributed by atoms with Crippen molar-refractivity contribution < 1.29 is 13.5 Å². The van der Waals surface area contributed by atoms with E-state index in [0.29, 0.717) is 4.88 Å². The fourth-order valence-corrected chi connectivity index (χ4v) is 5.87. The number of thiazole rings is 1. The largest absolute Gasteiger partial charge is 0.396 e. The highest BCUT2D eigenvalue weighted by Gasteiger charge is 2.37. The highest BCUT2D eigenvalue weighted by molar-refractivity contribution is 7.94. The van der Waals surface area contributed by atoms with E-state index < -0.39 is 20.5 Å². The Morgan fingerprint density at radius 2 is 2.00 bits per heavy atom. The minimum Gasteiger partial charge on any atom is -0.396 e. The summed E-state index contributed by atoms with van der Waals surface area (Å²) < 4.78 is 24.9. The Hall–Kier alpha value is -1.03. The number of halogens is 1. The number of benzene rings is 1. The summed E-state index contributed by atoms with van der Waals surface area (Å²) in [7, 11) is -4.90. The van der Waals surface area contributed by atoms with Crippen molar-refractivity contribution in [3.8, 4) is 0 Å². The van der Waals surface area contributed by atoms with Gasteiger partial charge >= 0.3 is 4.34 Å². The lowest BCUT2D eigenvalue weighted by molar-refractivity contribution is 0.300. The molecule has 9 heteroatoms. The number of nitrogens with one attached hydrogen (secondary N) is 1. The molecule has 0 radical (unpaired) electrons. The molecule has 2 aromatic rings. The molecule has 0 aliphatic rings. The molecule has 108 valence electrons. The smallest absolute Gasteiger partial charge is 0.388 e. The topological polar surface area (TPSA) is 105 Å². The summed E-state index contributed by atoms with van der Waals surface area (Å²) in [4.78, 5) is 6.96. The maximum atomic E-state index is 12.5. The summed E-state index contributed by atoms with van der Waals surface area (Å²) in [6.07, 6.45) is 0.212. The Morgan fingerprint density at radius 1 is 1.35 bits per heavy atom. The quantitative estimate of drug-likeness (QED) is 0.432. The molecule has 6 nitrogen and oxygen atoms in total. The molecule has 0 aliphatic carbocycles. The molecule has 1 aromatic heterocycles. The van der Waals surface area contributed by atoms with Crippen molar-refractivity contribution >= 4 is 32.1 Å². The van der Waals surface area contributed by atoms with Crippen molar-refractivity contribution in [3.05, 3.63) is 40.4 Å². The van der Waals surface area contributed by atoms with E-state index in [1.165, 1.54) is 12.1 Å². The standard InChI is InChI=1S/C11H13ClN3O3S2/c12-10-9(6-7-16)19(15-13)11(14-10)20(17,18)8-4-2-1-3-5-8/h1-5,15-16H,6-7,13H2/q+1. The molecule has 1 aromatic carbocycles. The van der Waals surface area contributed by atoms with Crippen LogP contribution in [0.3, 0.4) is 0 Å². The van der Waals surface area contributed by atoms with Crippen LogP contribution in [-0.4, -0.2) is 25.1 Å². The van der Waals surface area contributed by atoms with Crippen LogP contribution in [-0.2, 0) is 16.3 Å². The minimum atomic E-state index is -3.77. The van der Waals surface area contributed by atoms with Crippen molar-refractivity contribution in [1.29, 1.82) is 0 Å². The third kappa shape index (κ3) is 2.71. The molecule has 0 amide bonds. The van der Waals surface area contributed by atoms with Crippen LogP contribution < -0.4 is 10.7 Å². The molecule has 0 aliphatic heterocycles. The first-order chi connectivity index (χ1) is 9.52. The Bertz CT molecular complexity index is 701. The molecule has 2 rings (SSSR count). The summed E-state index contributed by atoms with van der Waals surface area (Å²) in [5, 5.41) is 9.07. The lowest BCUT2D eigenvalue weighted by Crippen LogP contribution is -2.11. The van der Waals surface area contributed by atoms with Crippen molar-refractivity contribution in [1.82, 2.24) is 4.98 Å². The normalized spacial score (nSPS) is 12.7. The van der Waals surface area contributed by atoms with Crippen molar-refractivity contribution in [3.63, 3.8) is 0 Å². The molecule has 0 saturated carbocycles. The zero-order valence-electron chi connectivity index (χ0n) is 10.3. The van der Waals surface area contributed by atoms with Crippen molar-refractivity contribution in [2.45, 2.75) is 15.7 Å². The predicted molar refractivity (Wildman–Crippen MR) is 78.0 cm³/mol. The first kappa shape index (κ1) is 15.4. The first-order valence-electron chi connectivity index (χ1n) is 5.61. The van der Waals surface area contributed by atoms with E-state index >= 15 is 0 Å². The summed E-state index contributed by atoms with van der Waals surface area (Å²) in [5.74, 6) is 5.42. The molecule has 20 heavy (non-hydrogen) atoms. The van der Waals surface area contributed by atoms with Gasteiger partial charge in [-0.3, -0.25) is 0 Å². The van der Waals surface area contributed by atoms with Crippen molar-refractivity contribution in [2.24, 2.45) is 5.84 Å². The zero-order valence-corrected chi connectivity index (χ0v) is 12.7. The fourth-order valence-electron chi connectivity index (χ4n) is 1.68. The summed E-state index contributed by atoms with van der Waals surface area (Å²) >= 11 is 5.95. The Labute approximate surface area is 124 Å². The molecule has 4 N–H and O–H groups in total. The van der Waals surface area contributed by atoms with Gasteiger partial charge in [0, 0.05) is 0 Å². The van der Waals surface area contributed by atoms with Crippen LogP contribution in [0, 0.1) is 0 Å². The summed E-state index contributed by atoms with van der Waals surface area (Å²) in [5.41, 5.74) is 0. The van der Waals surface area contributed by atoms with Gasteiger partial charge in [0.25, 0.3) is 9.84 Å². The van der Waals surface area contributed by atoms with Gasteiger partial charge in [-0.25, -0.2) is 14.3 Å². The zero-order chi connectivity index (χ0) is 14.8. The minimum absolute atomic E-state index is 0.0647. The molecular formula is C11H13ClN3O3S2+. The number of nitrogen functional groups attached to an aromatic ring is 1. The SMILES string of the molecule is NN[s+]1c(S(=O)(=O)c2ccccc2)nc(Cl)c1CCO. The lowest BCUT2D eigenvalue weighted by Gasteiger charge is -1.98. The monoisotopic (exact) mass is 334 g/mol. The van der Waals surface area contributed by atoms with E-state index in [9.17, 15) is 8.42 Å². The van der Waals surface area contributed by atoms with Gasteiger partial charge in [0.1, 0.15) is 10.7 Å². The van der Waals surface area contributed by atoms with Crippen molar-refractivity contribution in [2.75, 3.05) is 11.4 Å². The maximum absolute atomic E-state index is 12.5. The van der Waals surface area contributed by atoms with Crippen LogP contribution in [0.5, 0.6) is 0 Å². The molecule has 1 heterocycles. The van der Waals surface area contributed by atoms with E-state index in [0.717, 1.165) is 0 Å². The van der Waals surface area contributed by atoms with Crippen LogP contribution in [0.15, 0.2) is 39.6 Å². The van der Waals surface area contributed by atoms with E-state index in [1.807, 2.05) is 0 Å².